The Morgan fingerprint density at radius 1 is 1.16 bits per heavy atom. The van der Waals surface area contributed by atoms with E-state index in [1.165, 1.54) is 48.5 Å². The van der Waals surface area contributed by atoms with E-state index in [2.05, 4.69) is 15.3 Å². The quantitative estimate of drug-likeness (QED) is 0.338. The first-order valence-corrected chi connectivity index (χ1v) is 15.6. The number of carbonyl (C=O) groups is 1. The number of carboxylic acid groups (broad SMARTS) is 1. The number of hydrogen-bond acceptors (Lipinski definition) is 9. The Balaban J connectivity index is 1.42. The van der Waals surface area contributed by atoms with Crippen LogP contribution < -0.4 is 20.7 Å². The number of carboxylic acids is 1. The maximum atomic E-state index is 14.6. The second-order valence-corrected chi connectivity index (χ2v) is 13.4. The second kappa shape index (κ2) is 11.5. The molecule has 3 aromatic rings. The summed E-state index contributed by atoms with van der Waals surface area (Å²) in [5, 5.41) is 12.6. The molecule has 2 fully saturated rings. The van der Waals surface area contributed by atoms with Crippen LogP contribution in [0, 0.1) is 5.41 Å². The van der Waals surface area contributed by atoms with Gasteiger partial charge in [-0.25, -0.2) is 8.42 Å². The van der Waals surface area contributed by atoms with E-state index >= 15 is 0 Å². The van der Waals surface area contributed by atoms with Gasteiger partial charge in [0.15, 0.2) is 9.84 Å². The monoisotopic (exact) mass is 639 g/mol. The maximum absolute atomic E-state index is 14.6. The number of rotatable bonds is 7. The molecule has 2 saturated heterocycles. The number of nitrogens with zero attached hydrogens (tertiary/aromatic N) is 3. The third kappa shape index (κ3) is 6.81. The average molecular weight is 640 g/mol. The van der Waals surface area contributed by atoms with Crippen LogP contribution in [0.4, 0.5) is 24.9 Å². The highest BCUT2D eigenvalue weighted by molar-refractivity contribution is 7.90. The first kappa shape index (κ1) is 30.8. The van der Waals surface area contributed by atoms with Gasteiger partial charge in [-0.15, -0.1) is 0 Å². The van der Waals surface area contributed by atoms with Gasteiger partial charge in [0.25, 0.3) is 0 Å². The van der Waals surface area contributed by atoms with Crippen LogP contribution in [0.3, 0.4) is 0 Å². The fourth-order valence-corrected chi connectivity index (χ4v) is 6.45. The molecule has 15 heteroatoms. The average Bonchev–Trinajstić information content (AvgIpc) is 3.35. The Hall–Kier alpha value is -3.62. The van der Waals surface area contributed by atoms with Crippen LogP contribution in [0.25, 0.3) is 11.1 Å². The van der Waals surface area contributed by atoms with Crippen molar-refractivity contribution in [1.82, 2.24) is 15.3 Å². The molecule has 0 radical (unpaired) electrons. The molecule has 4 N–H and O–H groups in total. The summed E-state index contributed by atoms with van der Waals surface area (Å²) in [6.45, 7) is 1.57. The van der Waals surface area contributed by atoms with Gasteiger partial charge in [-0.05, 0) is 60.1 Å². The van der Waals surface area contributed by atoms with E-state index in [0.717, 1.165) is 6.26 Å². The number of alkyl halides is 3. The Bertz CT molecular complexity index is 1630. The highest BCUT2D eigenvalue weighted by Gasteiger charge is 2.46. The summed E-state index contributed by atoms with van der Waals surface area (Å²) in [4.78, 5) is 21.4. The molecule has 1 aromatic heterocycles. The van der Waals surface area contributed by atoms with Gasteiger partial charge < -0.3 is 25.8 Å². The van der Waals surface area contributed by atoms with E-state index in [4.69, 9.17) is 22.1 Å². The molecule has 230 valence electrons. The van der Waals surface area contributed by atoms with Crippen LogP contribution in [0.1, 0.15) is 30.9 Å². The minimum absolute atomic E-state index is 0.0157. The number of ether oxygens (including phenoxy) is 1. The number of aromatic nitrogens is 2. The van der Waals surface area contributed by atoms with Crippen LogP contribution >= 0.6 is 11.6 Å². The van der Waals surface area contributed by atoms with Gasteiger partial charge in [0.05, 0.1) is 4.90 Å². The van der Waals surface area contributed by atoms with Crippen molar-refractivity contribution in [3.05, 3.63) is 59.1 Å². The smallest absolute Gasteiger partial charge is 0.429 e. The zero-order valence-corrected chi connectivity index (χ0v) is 24.5. The number of piperidine rings is 1. The van der Waals surface area contributed by atoms with Crippen LogP contribution in [0.5, 0.6) is 5.88 Å². The van der Waals surface area contributed by atoms with E-state index in [1.807, 2.05) is 4.90 Å². The molecule has 2 aromatic carbocycles. The third-order valence-corrected chi connectivity index (χ3v) is 9.30. The topological polar surface area (TPSA) is 148 Å². The zero-order valence-electron chi connectivity index (χ0n) is 22.9. The fourth-order valence-electron chi connectivity index (χ4n) is 5.65. The fraction of sp³-hybridized carbons (Fsp3) is 0.393. The maximum Gasteiger partial charge on any atom is 0.429 e. The molecule has 0 bridgehead atoms. The summed E-state index contributed by atoms with van der Waals surface area (Å²) >= 11 is 6.15. The Kier molecular flexibility index (Phi) is 8.22. The Labute approximate surface area is 250 Å². The van der Waals surface area contributed by atoms with Crippen molar-refractivity contribution in [2.75, 3.05) is 36.5 Å². The Morgan fingerprint density at radius 3 is 2.42 bits per heavy atom. The lowest BCUT2D eigenvalue weighted by Crippen LogP contribution is -2.41. The molecular formula is C28H29ClF3N5O5S. The summed E-state index contributed by atoms with van der Waals surface area (Å²) in [5.74, 6) is -1.24. The number of halogens is 4. The van der Waals surface area contributed by atoms with Crippen LogP contribution in [0.15, 0.2) is 53.4 Å². The van der Waals surface area contributed by atoms with E-state index in [9.17, 15) is 31.5 Å². The summed E-state index contributed by atoms with van der Waals surface area (Å²) in [6, 6.07) is 9.99. The van der Waals surface area contributed by atoms with Crippen LogP contribution in [-0.2, 0) is 14.6 Å². The van der Waals surface area contributed by atoms with Gasteiger partial charge in [0.1, 0.15) is 11.9 Å². The van der Waals surface area contributed by atoms with Gasteiger partial charge in [-0.2, -0.15) is 23.1 Å². The van der Waals surface area contributed by atoms with Gasteiger partial charge in [0, 0.05) is 42.5 Å². The lowest BCUT2D eigenvalue weighted by molar-refractivity contribution is -0.198. The van der Waals surface area contributed by atoms with Crippen molar-refractivity contribution in [3.8, 4) is 17.0 Å². The van der Waals surface area contributed by atoms with Crippen molar-refractivity contribution < 1.29 is 36.2 Å². The summed E-state index contributed by atoms with van der Waals surface area (Å²) in [6.07, 6.45) is -4.49. The molecule has 3 heterocycles. The second-order valence-electron chi connectivity index (χ2n) is 11.0. The van der Waals surface area contributed by atoms with Crippen molar-refractivity contribution in [3.63, 3.8) is 0 Å². The standard InChI is InChI=1S/C28H29ClF3N5O5S/c1-43(40,41)18-5-2-16(3-6-18)20-12-17(29)4-7-19(20)24(28(30,31)32)42-23-13-22(35-26(33)36-23)37-10-8-27(9-11-37)14-21(25(38)39)34-15-27/h2-7,12-13,21,24,34H,8-11,14-15H2,1H3,(H,38,39)(H2,33,35,36). The Morgan fingerprint density at radius 2 is 1.84 bits per heavy atom. The number of nitrogens with two attached hydrogens (primary N) is 1. The number of nitrogens with one attached hydrogen (secondary N) is 1. The number of nitrogen functional groups attached to an aromatic ring is 1. The number of aliphatic carboxylic acids is 1. The molecule has 43 heavy (non-hydrogen) atoms. The van der Waals surface area contributed by atoms with E-state index in [-0.39, 0.29) is 38.3 Å². The minimum Gasteiger partial charge on any atom is -0.480 e. The summed E-state index contributed by atoms with van der Waals surface area (Å²) in [7, 11) is -3.52. The van der Waals surface area contributed by atoms with Gasteiger partial charge in [-0.1, -0.05) is 29.8 Å². The largest absolute Gasteiger partial charge is 0.480 e. The SMILES string of the molecule is CS(=O)(=O)c1ccc(-c2cc(Cl)ccc2C(Oc2cc(N3CCC4(CC3)CNC(C(=O)O)C4)nc(N)n2)C(F)(F)F)cc1. The number of hydrogen-bond donors (Lipinski definition) is 3. The van der Waals surface area contributed by atoms with E-state index in [1.54, 1.807) is 0 Å². The van der Waals surface area contributed by atoms with Crippen molar-refractivity contribution in [1.29, 1.82) is 0 Å². The molecule has 5 rings (SSSR count). The molecule has 2 atom stereocenters. The van der Waals surface area contributed by atoms with Crippen LogP contribution in [-0.4, -0.2) is 67.6 Å². The molecule has 1 spiro atoms. The molecule has 0 amide bonds. The zero-order chi connectivity index (χ0) is 31.2. The molecular weight excluding hydrogens is 611 g/mol. The number of sulfone groups is 1. The lowest BCUT2D eigenvalue weighted by Gasteiger charge is -2.39. The summed E-state index contributed by atoms with van der Waals surface area (Å²) < 4.78 is 72.9. The number of anilines is 2. The molecule has 2 unspecified atom stereocenters. The predicted molar refractivity (Wildman–Crippen MR) is 154 cm³/mol. The number of benzene rings is 2. The highest BCUT2D eigenvalue weighted by Crippen LogP contribution is 2.43. The van der Waals surface area contributed by atoms with Crippen molar-refractivity contribution >= 4 is 39.2 Å². The van der Waals surface area contributed by atoms with Crippen molar-refractivity contribution in [2.45, 2.75) is 42.5 Å². The van der Waals surface area contributed by atoms with Gasteiger partial charge in [-0.3, -0.25) is 4.79 Å². The van der Waals surface area contributed by atoms with Gasteiger partial charge in [0.2, 0.25) is 17.9 Å². The first-order chi connectivity index (χ1) is 20.1. The van der Waals surface area contributed by atoms with Crippen LogP contribution in [0.2, 0.25) is 5.02 Å². The van der Waals surface area contributed by atoms with Crippen molar-refractivity contribution in [2.24, 2.45) is 5.41 Å². The first-order valence-electron chi connectivity index (χ1n) is 13.3. The normalized spacial score (nSPS) is 19.4. The van der Waals surface area contributed by atoms with E-state index in [0.29, 0.717) is 50.3 Å². The molecule has 10 nitrogen and oxygen atoms in total. The lowest BCUT2D eigenvalue weighted by atomic mass is 9.76. The molecule has 0 saturated carbocycles. The third-order valence-electron chi connectivity index (χ3n) is 7.94. The highest BCUT2D eigenvalue weighted by atomic mass is 35.5. The van der Waals surface area contributed by atoms with Gasteiger partial charge >= 0.3 is 12.1 Å². The molecule has 2 aliphatic rings. The van der Waals surface area contributed by atoms with E-state index < -0.39 is 34.1 Å². The molecule has 0 aliphatic carbocycles. The summed E-state index contributed by atoms with van der Waals surface area (Å²) in [5.41, 5.74) is 5.86. The predicted octanol–water partition coefficient (Wildman–Crippen LogP) is 4.50. The minimum atomic E-state index is -4.89. The molecule has 2 aliphatic heterocycles.